The van der Waals surface area contributed by atoms with Gasteiger partial charge in [0, 0.05) is 117 Å². The van der Waals surface area contributed by atoms with Crippen LogP contribution < -0.4 is 16.0 Å². The third kappa shape index (κ3) is 35.3. The molecular weight excluding hydrogens is 2090 g/mol. The summed E-state index contributed by atoms with van der Waals surface area (Å²) < 4.78 is 110. The van der Waals surface area contributed by atoms with Gasteiger partial charge in [-0.2, -0.15) is 0 Å². The number of aliphatic hydroxyl groups is 22. The summed E-state index contributed by atoms with van der Waals surface area (Å²) in [5.74, 6) is -6.60. The number of aliphatic hydroxyl groups excluding tert-OH is 22. The molecule has 1 aromatic heterocycles. The number of hydrogen-bond donors (Lipinski definition) is 27. The number of thiocarbonyl (C=S) groups is 3. The van der Waals surface area contributed by atoms with Gasteiger partial charge in [0.25, 0.3) is 15.5 Å². The zero-order valence-electron chi connectivity index (χ0n) is 80.5. The summed E-state index contributed by atoms with van der Waals surface area (Å²) in [7, 11) is 0. The van der Waals surface area contributed by atoms with Crippen LogP contribution in [0.15, 0.2) is 18.2 Å². The number of carboxylic acid groups (broad SMARTS) is 2. The molecule has 1 aromatic rings. The van der Waals surface area contributed by atoms with E-state index in [1.54, 1.807) is 34.9 Å². The van der Waals surface area contributed by atoms with Crippen molar-refractivity contribution in [1.29, 1.82) is 0 Å². The number of nitrogens with zero attached hydrogens (tertiary/aromatic N) is 4. The van der Waals surface area contributed by atoms with Crippen molar-refractivity contribution in [3.63, 3.8) is 0 Å². The molecule has 62 heteroatoms. The van der Waals surface area contributed by atoms with Gasteiger partial charge in [0.1, 0.15) is 185 Å². The molecule has 42 atom stereocenters. The van der Waals surface area contributed by atoms with Crippen molar-refractivity contribution in [2.24, 2.45) is 11.8 Å². The van der Waals surface area contributed by atoms with Crippen LogP contribution in [0.3, 0.4) is 0 Å². The molecule has 8 fully saturated rings. The molecule has 0 aliphatic carbocycles. The average molecular weight is 2220 g/mol. The SMILES string of the molecule is CC(=O)O[C@@H]1O[C@H](CO[C@@H]2O[C@H](CO)[C@@H](OC(C)=O)[C@H](OC(C)=O)[C@H]2OC(C)=O)[C@@H](C)[C@H](C)[C@H]1OC(C)=O.O=C(O)C(CCNC(=S)OC[C@H]1O[C@@H](OC[C@H]2O[C@@H](O)[C@H](O)[C@@H](O)[C@@H]2O)[C@H](O)[C@@H](O)[C@@H]1O)N1CCN(CCCNC(=S)OC[C@H]2O[C@@H](OC[C@H]3O[C@@H](O)[C@H](O)[C@@H](O)[C@@H]3O)[C@H](O)[C@@H](O)[C@@H]2O)CCN(C(CCNC(=S)OC[C@H]2O[C@@H](OC[C@H]3O[C@@H](O)[C@H](O)[C@@H](O)[C@@H]3O)[C@H](O)[C@@H](O)[C@@H]2O)C(=O)O)Cc2cccc(n2)C1.[Mn]. The normalized spacial score (nSPS) is 38.1. The molecule has 10 heterocycles. The van der Waals surface area contributed by atoms with E-state index in [1.165, 1.54) is 13.8 Å². The first-order valence-electron chi connectivity index (χ1n) is 46.7. The zero-order chi connectivity index (χ0) is 108. The van der Waals surface area contributed by atoms with Gasteiger partial charge in [-0.25, -0.2) is 0 Å². The number of rotatable bonds is 38. The Morgan fingerprint density at radius 2 is 0.667 bits per heavy atom. The molecule has 9 aliphatic rings. The molecule has 0 amide bonds. The Morgan fingerprint density at radius 1 is 0.361 bits per heavy atom. The van der Waals surface area contributed by atoms with E-state index >= 15 is 0 Å². The van der Waals surface area contributed by atoms with Crippen molar-refractivity contribution in [2.45, 2.75) is 326 Å². The minimum Gasteiger partial charge on any atom is -0.480 e. The number of carboxylic acids is 2. The summed E-state index contributed by atoms with van der Waals surface area (Å²) in [5, 5.41) is 256. The molecule has 0 saturated carbocycles. The van der Waals surface area contributed by atoms with Crippen LogP contribution in [0.4, 0.5) is 0 Å². The molecule has 27 N–H and O–H groups in total. The van der Waals surface area contributed by atoms with Crippen LogP contribution in [0.5, 0.6) is 0 Å². The van der Waals surface area contributed by atoms with Crippen molar-refractivity contribution in [2.75, 3.05) is 105 Å². The van der Waals surface area contributed by atoms with Gasteiger partial charge in [0.15, 0.2) is 68.4 Å². The molecule has 1 radical (unpaired) electrons. The van der Waals surface area contributed by atoms with E-state index in [4.69, 9.17) is 136 Å². The molecule has 147 heavy (non-hydrogen) atoms. The topological polar surface area (TPSA) is 848 Å². The number of carbonyl (C=O) groups is 7. The second kappa shape index (κ2) is 59.3. The van der Waals surface area contributed by atoms with E-state index in [-0.39, 0.29) is 129 Å². The van der Waals surface area contributed by atoms with Gasteiger partial charge in [-0.3, -0.25) is 48.3 Å². The van der Waals surface area contributed by atoms with Crippen molar-refractivity contribution in [3.05, 3.63) is 29.6 Å². The third-order valence-corrected chi connectivity index (χ3v) is 26.2. The molecule has 58 nitrogen and oxygen atoms in total. The maximum absolute atomic E-state index is 13.3. The number of aromatic nitrogens is 1. The van der Waals surface area contributed by atoms with Gasteiger partial charge in [-0.05, 0) is 80.5 Å². The van der Waals surface area contributed by atoms with Crippen LogP contribution in [-0.4, -0.2) is 550 Å². The van der Waals surface area contributed by atoms with Crippen molar-refractivity contribution in [3.8, 4) is 0 Å². The summed E-state index contributed by atoms with van der Waals surface area (Å²) in [4.78, 5) is 95.4. The summed E-state index contributed by atoms with van der Waals surface area (Å²) in [6.45, 7) is 5.39. The number of ether oxygens (including phenoxy) is 20. The van der Waals surface area contributed by atoms with Crippen LogP contribution in [0.2, 0.25) is 0 Å². The van der Waals surface area contributed by atoms with Gasteiger partial charge in [-0.1, -0.05) is 19.9 Å². The largest absolute Gasteiger partial charge is 0.480 e. The standard InChI is InChI=1S/C61H99N7O37S3.C24H36O14.Mn/c69-33-27(100-53(91)45(81)39(33)75)17-94-56-48(84)42(78)36(72)30(103-56)20-97-59(106)62-7-2-10-66-11-13-67(25(51(87)88)5-8-63-60(107)98-21-31-37(73)43(79)49(85)57(104-31)95-18-28-34(70)40(76)46(82)54(92)101-28)15-23-3-1-4-24(65-23)16-68(14-12-66)26(52(89)90)6-9-64-61(108)99-22-32-38(74)44(80)50(86)58(105-32)96-19-29-35(71)41(77)47(83)55(93)102-29;1-10-11(2)19(32-12(3)26)24(36-16(7)30)38-18(10)9-31-23-22(35-15(6)29)21(34-14(5)28)20(33-13(4)27)17(8-25)37-23;/h1,3-4,25-50,53-58,69-86,91-93H,2,5-22H2,(H,62,106)(H,63,107)(H,64,108)(H,87,88)(H,89,90);10-11,17-25H,8-9H2,1-7H3;/t25?,26?,27-,28-,29-,30-,31-,32-,33-,34-,35-,36-,37-,38-,39+,40+,41+,42+,43+,44+,45-,46-,47-,48-,49-,50-,53-,54-,55-,56-,57-,58-;10-,11-,17+,18+,19+,20+,21-,22+,23+,24+;/m10./s1. The number of pyridine rings is 1. The average Bonchev–Trinajstić information content (AvgIpc) is 0.776. The summed E-state index contributed by atoms with van der Waals surface area (Å²) in [6, 6.07) is 2.49. The number of aliphatic carboxylic acids is 2. The Morgan fingerprint density at radius 3 is 1.02 bits per heavy atom. The molecule has 0 spiro atoms. The van der Waals surface area contributed by atoms with E-state index in [0.717, 1.165) is 20.8 Å². The summed E-state index contributed by atoms with van der Waals surface area (Å²) in [6.07, 6.45) is -61.4. The fraction of sp³-hybridized carbons (Fsp3) is 0.824. The Kier molecular flexibility index (Phi) is 50.7. The fourth-order valence-corrected chi connectivity index (χ4v) is 17.6. The van der Waals surface area contributed by atoms with Crippen LogP contribution in [0, 0.1) is 11.8 Å². The minimum absolute atomic E-state index is 0. The predicted molar refractivity (Wildman–Crippen MR) is 485 cm³/mol. The molecule has 2 unspecified atom stereocenters. The Labute approximate surface area is 866 Å². The van der Waals surface area contributed by atoms with E-state index in [1.807, 2.05) is 11.8 Å². The third-order valence-electron chi connectivity index (χ3n) is 25.4. The second-order valence-corrected chi connectivity index (χ2v) is 37.1. The summed E-state index contributed by atoms with van der Waals surface area (Å²) >= 11 is 16.2. The Bertz CT molecular complexity index is 4190. The zero-order valence-corrected chi connectivity index (χ0v) is 84.1. The molecule has 10 rings (SSSR count). The molecule has 9 aliphatic heterocycles. The van der Waals surface area contributed by atoms with E-state index in [2.05, 4.69) is 16.0 Å². The van der Waals surface area contributed by atoms with Crippen LogP contribution in [0.25, 0.3) is 0 Å². The maximum Gasteiger partial charge on any atom is 0.320 e. The first-order valence-corrected chi connectivity index (χ1v) is 47.9. The van der Waals surface area contributed by atoms with Crippen molar-refractivity contribution >= 4 is 94.0 Å². The molecule has 0 aromatic carbocycles. The molecule has 8 saturated heterocycles. The smallest absolute Gasteiger partial charge is 0.320 e. The van der Waals surface area contributed by atoms with E-state index in [9.17, 15) is 156 Å². The van der Waals surface area contributed by atoms with E-state index in [0.29, 0.717) is 17.8 Å². The maximum atomic E-state index is 13.3. The van der Waals surface area contributed by atoms with Crippen LogP contribution >= 0.6 is 36.7 Å². The minimum atomic E-state index is -1.91. The van der Waals surface area contributed by atoms with Gasteiger partial charge in [0.2, 0.25) is 6.29 Å². The van der Waals surface area contributed by atoms with Crippen LogP contribution in [0.1, 0.15) is 79.1 Å². The molecular formula is C85H135MnN7O51S3. The van der Waals surface area contributed by atoms with Gasteiger partial charge < -0.3 is 238 Å². The van der Waals surface area contributed by atoms with Crippen molar-refractivity contribution in [1.82, 2.24) is 35.6 Å². The number of fused-ring (bicyclic) bond motifs is 2. The van der Waals surface area contributed by atoms with Gasteiger partial charge in [0.05, 0.1) is 50.5 Å². The van der Waals surface area contributed by atoms with Gasteiger partial charge in [-0.15, -0.1) is 0 Å². The van der Waals surface area contributed by atoms with Crippen molar-refractivity contribution < 1.29 is 268 Å². The Hall–Kier alpha value is -6.45. The predicted octanol–water partition coefficient (Wildman–Crippen LogP) is -14.4. The Balaban J connectivity index is 0.000000566. The molecule has 841 valence electrons. The number of nitrogens with one attached hydrogen (secondary N) is 3. The fourth-order valence-electron chi connectivity index (χ4n) is 17.1. The number of hydrogen-bond acceptors (Lipinski definition) is 56. The monoisotopic (exact) mass is 2220 g/mol. The van der Waals surface area contributed by atoms with E-state index < -0.39 is 334 Å². The van der Waals surface area contributed by atoms with Crippen LogP contribution in [-0.2, 0) is 158 Å². The number of esters is 5. The van der Waals surface area contributed by atoms with Gasteiger partial charge >= 0.3 is 41.8 Å². The quantitative estimate of drug-likeness (QED) is 0.00961. The second-order valence-electron chi connectivity index (χ2n) is 36.0. The first-order chi connectivity index (χ1) is 68.9. The molecule has 2 bridgehead atoms. The summed E-state index contributed by atoms with van der Waals surface area (Å²) in [5.41, 5.74) is 0.786. The number of carbonyl (C=O) groups excluding carboxylic acids is 5. The first kappa shape index (κ1) is 126.